The van der Waals surface area contributed by atoms with Gasteiger partial charge in [0, 0.05) is 28.4 Å². The van der Waals surface area contributed by atoms with Crippen LogP contribution in [0.4, 0.5) is 0 Å². The molecule has 0 saturated carbocycles. The second-order valence-electron chi connectivity index (χ2n) is 4.93. The fourth-order valence-electron chi connectivity index (χ4n) is 2.25. The Labute approximate surface area is 116 Å². The monoisotopic (exact) mass is 268 g/mol. The van der Waals surface area contributed by atoms with Gasteiger partial charge >= 0.3 is 0 Å². The van der Waals surface area contributed by atoms with Crippen molar-refractivity contribution in [1.29, 1.82) is 0 Å². The topological polar surface area (TPSA) is 15.3 Å². The average Bonchev–Trinajstić information content (AvgIpc) is 2.84. The molecular weight excluding hydrogens is 240 g/mol. The zero-order chi connectivity index (χ0) is 13.5. The van der Waals surface area contributed by atoms with Gasteiger partial charge in [0.25, 0.3) is 0 Å². The summed E-state index contributed by atoms with van der Waals surface area (Å²) in [7, 11) is 0. The van der Waals surface area contributed by atoms with Gasteiger partial charge in [-0.15, -0.1) is 11.3 Å². The van der Waals surface area contributed by atoms with Gasteiger partial charge in [-0.25, -0.2) is 0 Å². The standard InChI is InChI=1S/C15H28N2S/c1-6-14-9-10-15(18-14)13(5)16-12(4)11-17(7-2)8-3/h9-10,12-13,16H,6-8,11H2,1-5H3. The van der Waals surface area contributed by atoms with E-state index >= 15 is 0 Å². The van der Waals surface area contributed by atoms with Crippen LogP contribution in [0.15, 0.2) is 12.1 Å². The lowest BCUT2D eigenvalue weighted by Gasteiger charge is -2.25. The van der Waals surface area contributed by atoms with Gasteiger partial charge in [0.15, 0.2) is 0 Å². The molecule has 0 aromatic carbocycles. The Morgan fingerprint density at radius 2 is 1.83 bits per heavy atom. The SMILES string of the molecule is CCc1ccc(C(C)NC(C)CN(CC)CC)s1. The number of thiophene rings is 1. The van der Waals surface area contributed by atoms with Gasteiger partial charge in [-0.1, -0.05) is 20.8 Å². The Morgan fingerprint density at radius 3 is 2.33 bits per heavy atom. The maximum Gasteiger partial charge on any atom is 0.0388 e. The van der Waals surface area contributed by atoms with Crippen LogP contribution in [0.1, 0.15) is 50.4 Å². The molecule has 1 N–H and O–H groups in total. The van der Waals surface area contributed by atoms with Gasteiger partial charge in [-0.05, 0) is 45.5 Å². The van der Waals surface area contributed by atoms with Crippen molar-refractivity contribution in [3.05, 3.63) is 21.9 Å². The van der Waals surface area contributed by atoms with E-state index in [0.29, 0.717) is 12.1 Å². The quantitative estimate of drug-likeness (QED) is 0.773. The number of nitrogens with zero attached hydrogens (tertiary/aromatic N) is 1. The molecule has 0 amide bonds. The van der Waals surface area contributed by atoms with Crippen molar-refractivity contribution in [2.75, 3.05) is 19.6 Å². The molecule has 104 valence electrons. The first-order chi connectivity index (χ1) is 8.60. The first-order valence-corrected chi connectivity index (χ1v) is 7.99. The summed E-state index contributed by atoms with van der Waals surface area (Å²) < 4.78 is 0. The molecule has 18 heavy (non-hydrogen) atoms. The minimum absolute atomic E-state index is 0.459. The molecule has 0 aliphatic rings. The third-order valence-electron chi connectivity index (χ3n) is 3.42. The maximum atomic E-state index is 3.70. The normalized spacial score (nSPS) is 15.0. The van der Waals surface area contributed by atoms with Crippen LogP contribution in [0.3, 0.4) is 0 Å². The van der Waals surface area contributed by atoms with Gasteiger partial charge in [0.2, 0.25) is 0 Å². The van der Waals surface area contributed by atoms with Crippen molar-refractivity contribution in [1.82, 2.24) is 10.2 Å². The Kier molecular flexibility index (Phi) is 6.90. The minimum Gasteiger partial charge on any atom is -0.306 e. The molecule has 1 rings (SSSR count). The molecule has 3 heteroatoms. The molecule has 0 bridgehead atoms. The Morgan fingerprint density at radius 1 is 1.17 bits per heavy atom. The predicted octanol–water partition coefficient (Wildman–Crippen LogP) is 3.69. The summed E-state index contributed by atoms with van der Waals surface area (Å²) in [5.41, 5.74) is 0. The van der Waals surface area contributed by atoms with Crippen LogP contribution >= 0.6 is 11.3 Å². The third kappa shape index (κ3) is 4.71. The number of likely N-dealkylation sites (N-methyl/N-ethyl adjacent to an activating group) is 1. The highest BCUT2D eigenvalue weighted by Crippen LogP contribution is 2.23. The smallest absolute Gasteiger partial charge is 0.0388 e. The third-order valence-corrected chi connectivity index (χ3v) is 4.83. The van der Waals surface area contributed by atoms with E-state index in [9.17, 15) is 0 Å². The van der Waals surface area contributed by atoms with Crippen LogP contribution in [0, 0.1) is 0 Å². The largest absolute Gasteiger partial charge is 0.306 e. The molecule has 0 aliphatic carbocycles. The summed E-state index contributed by atoms with van der Waals surface area (Å²) in [6, 6.07) is 5.52. The van der Waals surface area contributed by atoms with E-state index in [-0.39, 0.29) is 0 Å². The number of hydrogen-bond donors (Lipinski definition) is 1. The van der Waals surface area contributed by atoms with Gasteiger partial charge in [0.05, 0.1) is 0 Å². The number of nitrogens with one attached hydrogen (secondary N) is 1. The Bertz CT molecular complexity index is 331. The Balaban J connectivity index is 2.45. The first-order valence-electron chi connectivity index (χ1n) is 7.17. The minimum atomic E-state index is 0.459. The summed E-state index contributed by atoms with van der Waals surface area (Å²) in [6.07, 6.45) is 1.15. The van der Waals surface area contributed by atoms with Gasteiger partial charge in [0.1, 0.15) is 0 Å². The molecule has 2 unspecified atom stereocenters. The second kappa shape index (κ2) is 7.93. The van der Waals surface area contributed by atoms with Crippen molar-refractivity contribution in [2.45, 2.75) is 53.1 Å². The summed E-state index contributed by atoms with van der Waals surface area (Å²) in [5.74, 6) is 0. The van der Waals surface area contributed by atoms with Crippen molar-refractivity contribution in [3.63, 3.8) is 0 Å². The van der Waals surface area contributed by atoms with E-state index in [1.54, 1.807) is 0 Å². The lowest BCUT2D eigenvalue weighted by molar-refractivity contribution is 0.264. The van der Waals surface area contributed by atoms with Crippen molar-refractivity contribution < 1.29 is 0 Å². The molecule has 0 saturated heterocycles. The highest BCUT2D eigenvalue weighted by Gasteiger charge is 2.13. The second-order valence-corrected chi connectivity index (χ2v) is 6.13. The van der Waals surface area contributed by atoms with Crippen molar-refractivity contribution in [3.8, 4) is 0 Å². The van der Waals surface area contributed by atoms with Crippen LogP contribution in [0.2, 0.25) is 0 Å². The molecule has 1 heterocycles. The summed E-state index contributed by atoms with van der Waals surface area (Å²) >= 11 is 1.94. The van der Waals surface area contributed by atoms with E-state index in [4.69, 9.17) is 0 Å². The lowest BCUT2D eigenvalue weighted by Crippen LogP contribution is -2.40. The zero-order valence-corrected chi connectivity index (χ0v) is 13.3. The fourth-order valence-corrected chi connectivity index (χ4v) is 3.21. The van der Waals surface area contributed by atoms with E-state index < -0.39 is 0 Å². The van der Waals surface area contributed by atoms with E-state index in [0.717, 1.165) is 26.1 Å². The fraction of sp³-hybridized carbons (Fsp3) is 0.733. The molecular formula is C15H28N2S. The highest BCUT2D eigenvalue weighted by molar-refractivity contribution is 7.12. The average molecular weight is 268 g/mol. The van der Waals surface area contributed by atoms with E-state index in [1.165, 1.54) is 9.75 Å². The van der Waals surface area contributed by atoms with E-state index in [1.807, 2.05) is 11.3 Å². The van der Waals surface area contributed by atoms with Gasteiger partial charge in [-0.2, -0.15) is 0 Å². The summed E-state index contributed by atoms with van der Waals surface area (Å²) in [6.45, 7) is 14.6. The van der Waals surface area contributed by atoms with Crippen LogP contribution in [-0.2, 0) is 6.42 Å². The van der Waals surface area contributed by atoms with Crippen LogP contribution in [-0.4, -0.2) is 30.6 Å². The van der Waals surface area contributed by atoms with Gasteiger partial charge < -0.3 is 10.2 Å². The molecule has 0 spiro atoms. The maximum absolute atomic E-state index is 3.70. The molecule has 0 aliphatic heterocycles. The molecule has 0 radical (unpaired) electrons. The lowest BCUT2D eigenvalue weighted by atomic mass is 10.2. The number of rotatable bonds is 8. The summed E-state index contributed by atoms with van der Waals surface area (Å²) in [4.78, 5) is 5.41. The van der Waals surface area contributed by atoms with Crippen molar-refractivity contribution >= 4 is 11.3 Å². The van der Waals surface area contributed by atoms with Crippen LogP contribution < -0.4 is 5.32 Å². The number of hydrogen-bond acceptors (Lipinski definition) is 3. The van der Waals surface area contributed by atoms with E-state index in [2.05, 4.69) is 57.0 Å². The number of aryl methyl sites for hydroxylation is 1. The molecule has 2 atom stereocenters. The van der Waals surface area contributed by atoms with Gasteiger partial charge in [-0.3, -0.25) is 0 Å². The molecule has 0 fully saturated rings. The van der Waals surface area contributed by atoms with Crippen molar-refractivity contribution in [2.24, 2.45) is 0 Å². The molecule has 1 aromatic heterocycles. The molecule has 2 nitrogen and oxygen atoms in total. The van der Waals surface area contributed by atoms with Crippen LogP contribution in [0.25, 0.3) is 0 Å². The highest BCUT2D eigenvalue weighted by atomic mass is 32.1. The first kappa shape index (κ1) is 15.7. The van der Waals surface area contributed by atoms with Crippen LogP contribution in [0.5, 0.6) is 0 Å². The zero-order valence-electron chi connectivity index (χ0n) is 12.5. The summed E-state index contributed by atoms with van der Waals surface area (Å²) in [5, 5.41) is 3.70. The molecule has 1 aromatic rings. The predicted molar refractivity (Wildman–Crippen MR) is 82.5 cm³/mol. The Hall–Kier alpha value is -0.380.